The van der Waals surface area contributed by atoms with E-state index in [0.29, 0.717) is 17.9 Å². The molecule has 4 rings (SSSR count). The molecule has 1 saturated heterocycles. The largest absolute Gasteiger partial charge is 0.372 e. The standard InChI is InChI=1S/C23H23FN4O/c24-19-6-3-17(4-7-19)15-26-23(29)18-5-12-22(25-16-18)27-20-8-10-21(11-9-20)28-13-1-2-14-28/h3-12,16H,1-2,13-15H2,(H,25,27)(H,26,29). The van der Waals surface area contributed by atoms with Crippen LogP contribution in [0.1, 0.15) is 28.8 Å². The van der Waals surface area contributed by atoms with Crippen LogP contribution in [0.25, 0.3) is 0 Å². The normalized spacial score (nSPS) is 13.3. The fourth-order valence-electron chi connectivity index (χ4n) is 3.37. The summed E-state index contributed by atoms with van der Waals surface area (Å²) < 4.78 is 12.9. The molecule has 0 spiro atoms. The average molecular weight is 390 g/mol. The van der Waals surface area contributed by atoms with Gasteiger partial charge in [-0.05, 0) is 66.9 Å². The van der Waals surface area contributed by atoms with E-state index in [0.717, 1.165) is 24.3 Å². The maximum Gasteiger partial charge on any atom is 0.253 e. The fourth-order valence-corrected chi connectivity index (χ4v) is 3.37. The average Bonchev–Trinajstić information content (AvgIpc) is 3.29. The maximum absolute atomic E-state index is 12.9. The van der Waals surface area contributed by atoms with Crippen molar-refractivity contribution in [2.45, 2.75) is 19.4 Å². The number of rotatable bonds is 6. The Balaban J connectivity index is 1.32. The zero-order valence-electron chi connectivity index (χ0n) is 16.1. The predicted molar refractivity (Wildman–Crippen MR) is 113 cm³/mol. The lowest BCUT2D eigenvalue weighted by Gasteiger charge is -2.17. The molecule has 29 heavy (non-hydrogen) atoms. The first kappa shape index (κ1) is 18.9. The number of hydrogen-bond donors (Lipinski definition) is 2. The molecule has 0 aliphatic carbocycles. The summed E-state index contributed by atoms with van der Waals surface area (Å²) in [6.45, 7) is 2.58. The van der Waals surface area contributed by atoms with Gasteiger partial charge in [-0.15, -0.1) is 0 Å². The van der Waals surface area contributed by atoms with E-state index >= 15 is 0 Å². The van der Waals surface area contributed by atoms with Crippen molar-refractivity contribution in [3.05, 3.63) is 83.8 Å². The summed E-state index contributed by atoms with van der Waals surface area (Å²) in [4.78, 5) is 19.0. The maximum atomic E-state index is 12.9. The molecular formula is C23H23FN4O. The topological polar surface area (TPSA) is 57.3 Å². The minimum atomic E-state index is -0.293. The zero-order valence-corrected chi connectivity index (χ0v) is 16.1. The molecule has 3 aromatic rings. The number of carbonyl (C=O) groups excluding carboxylic acids is 1. The van der Waals surface area contributed by atoms with Gasteiger partial charge >= 0.3 is 0 Å². The Bertz CT molecular complexity index is 950. The van der Waals surface area contributed by atoms with Gasteiger partial charge in [-0.2, -0.15) is 0 Å². The monoisotopic (exact) mass is 390 g/mol. The molecule has 0 saturated carbocycles. The van der Waals surface area contributed by atoms with Crippen LogP contribution >= 0.6 is 0 Å². The van der Waals surface area contributed by atoms with Gasteiger partial charge in [-0.1, -0.05) is 12.1 Å². The van der Waals surface area contributed by atoms with Gasteiger partial charge in [0.05, 0.1) is 5.56 Å². The van der Waals surface area contributed by atoms with Crippen LogP contribution in [0.4, 0.5) is 21.6 Å². The quantitative estimate of drug-likeness (QED) is 0.651. The lowest BCUT2D eigenvalue weighted by Crippen LogP contribution is -2.22. The second-order valence-electron chi connectivity index (χ2n) is 7.11. The van der Waals surface area contributed by atoms with Crippen molar-refractivity contribution in [3.63, 3.8) is 0 Å². The molecule has 6 heteroatoms. The number of pyridine rings is 1. The minimum absolute atomic E-state index is 0.219. The van der Waals surface area contributed by atoms with Crippen molar-refractivity contribution >= 4 is 23.1 Å². The van der Waals surface area contributed by atoms with Gasteiger partial charge in [-0.3, -0.25) is 4.79 Å². The van der Waals surface area contributed by atoms with Crippen LogP contribution in [0.5, 0.6) is 0 Å². The Hall–Kier alpha value is -3.41. The molecule has 2 aromatic carbocycles. The van der Waals surface area contributed by atoms with Gasteiger partial charge in [0.25, 0.3) is 5.91 Å². The van der Waals surface area contributed by atoms with Crippen molar-refractivity contribution in [2.24, 2.45) is 0 Å². The molecule has 0 radical (unpaired) electrons. The van der Waals surface area contributed by atoms with Crippen LogP contribution in [-0.4, -0.2) is 24.0 Å². The van der Waals surface area contributed by atoms with Crippen molar-refractivity contribution in [1.82, 2.24) is 10.3 Å². The molecule has 1 aliphatic heterocycles. The summed E-state index contributed by atoms with van der Waals surface area (Å²) in [5.74, 6) is 0.162. The van der Waals surface area contributed by atoms with Gasteiger partial charge in [0.2, 0.25) is 0 Å². The second kappa shape index (κ2) is 8.73. The third kappa shape index (κ3) is 4.90. The smallest absolute Gasteiger partial charge is 0.253 e. The number of amides is 1. The second-order valence-corrected chi connectivity index (χ2v) is 7.11. The first-order chi connectivity index (χ1) is 14.2. The van der Waals surface area contributed by atoms with E-state index in [4.69, 9.17) is 0 Å². The lowest BCUT2D eigenvalue weighted by atomic mass is 10.2. The van der Waals surface area contributed by atoms with E-state index in [1.165, 1.54) is 30.7 Å². The van der Waals surface area contributed by atoms with E-state index in [9.17, 15) is 9.18 Å². The third-order valence-corrected chi connectivity index (χ3v) is 5.00. The first-order valence-corrected chi connectivity index (χ1v) is 9.78. The molecule has 2 N–H and O–H groups in total. The van der Waals surface area contributed by atoms with Gasteiger partial charge < -0.3 is 15.5 Å². The van der Waals surface area contributed by atoms with Crippen LogP contribution in [0, 0.1) is 5.82 Å². The molecule has 1 amide bonds. The number of nitrogens with one attached hydrogen (secondary N) is 2. The molecule has 0 unspecified atom stereocenters. The highest BCUT2D eigenvalue weighted by atomic mass is 19.1. The van der Waals surface area contributed by atoms with Crippen LogP contribution < -0.4 is 15.5 Å². The van der Waals surface area contributed by atoms with Gasteiger partial charge in [0.15, 0.2) is 0 Å². The van der Waals surface area contributed by atoms with Crippen LogP contribution in [0.3, 0.4) is 0 Å². The summed E-state index contributed by atoms with van der Waals surface area (Å²) in [5, 5.41) is 6.06. The summed E-state index contributed by atoms with van der Waals surface area (Å²) in [5.41, 5.74) is 3.51. The lowest BCUT2D eigenvalue weighted by molar-refractivity contribution is 0.0950. The number of hydrogen-bond acceptors (Lipinski definition) is 4. The molecule has 1 fully saturated rings. The zero-order chi connectivity index (χ0) is 20.1. The van der Waals surface area contributed by atoms with Crippen LogP contribution in [0.15, 0.2) is 66.9 Å². The predicted octanol–water partition coefficient (Wildman–Crippen LogP) is 4.49. The third-order valence-electron chi connectivity index (χ3n) is 5.00. The van der Waals surface area contributed by atoms with Crippen molar-refractivity contribution in [3.8, 4) is 0 Å². The summed E-state index contributed by atoms with van der Waals surface area (Å²) in [7, 11) is 0. The Kier molecular flexibility index (Phi) is 5.70. The number of benzene rings is 2. The molecular weight excluding hydrogens is 367 g/mol. The molecule has 2 heterocycles. The molecule has 0 bridgehead atoms. The van der Waals surface area contributed by atoms with E-state index in [2.05, 4.69) is 32.7 Å². The number of halogens is 1. The number of aromatic nitrogens is 1. The number of nitrogens with zero attached hydrogens (tertiary/aromatic N) is 2. The van der Waals surface area contributed by atoms with E-state index in [1.54, 1.807) is 30.5 Å². The first-order valence-electron chi connectivity index (χ1n) is 9.78. The van der Waals surface area contributed by atoms with E-state index in [1.807, 2.05) is 12.1 Å². The summed E-state index contributed by atoms with van der Waals surface area (Å²) in [6.07, 6.45) is 4.06. The highest BCUT2D eigenvalue weighted by molar-refractivity contribution is 5.94. The van der Waals surface area contributed by atoms with Gasteiger partial charge in [0, 0.05) is 37.2 Å². The number of carbonyl (C=O) groups is 1. The molecule has 5 nitrogen and oxygen atoms in total. The highest BCUT2D eigenvalue weighted by Gasteiger charge is 2.12. The highest BCUT2D eigenvalue weighted by Crippen LogP contribution is 2.23. The molecule has 0 atom stereocenters. The van der Waals surface area contributed by atoms with E-state index < -0.39 is 0 Å². The SMILES string of the molecule is O=C(NCc1ccc(F)cc1)c1ccc(Nc2ccc(N3CCCC3)cc2)nc1. The Morgan fingerprint density at radius 2 is 1.69 bits per heavy atom. The Labute approximate surface area is 169 Å². The fraction of sp³-hybridized carbons (Fsp3) is 0.217. The van der Waals surface area contributed by atoms with E-state index in [-0.39, 0.29) is 11.7 Å². The van der Waals surface area contributed by atoms with Crippen LogP contribution in [-0.2, 0) is 6.54 Å². The number of anilines is 3. The Morgan fingerprint density at radius 3 is 2.34 bits per heavy atom. The Morgan fingerprint density at radius 1 is 0.966 bits per heavy atom. The van der Waals surface area contributed by atoms with Crippen LogP contribution in [0.2, 0.25) is 0 Å². The molecule has 148 valence electrons. The molecule has 1 aromatic heterocycles. The molecule has 1 aliphatic rings. The summed E-state index contributed by atoms with van der Waals surface area (Å²) in [6, 6.07) is 17.9. The van der Waals surface area contributed by atoms with Crippen molar-refractivity contribution < 1.29 is 9.18 Å². The van der Waals surface area contributed by atoms with Gasteiger partial charge in [0.1, 0.15) is 11.6 Å². The van der Waals surface area contributed by atoms with Crippen molar-refractivity contribution in [2.75, 3.05) is 23.3 Å². The van der Waals surface area contributed by atoms with Gasteiger partial charge in [-0.25, -0.2) is 9.37 Å². The minimum Gasteiger partial charge on any atom is -0.372 e. The summed E-state index contributed by atoms with van der Waals surface area (Å²) >= 11 is 0. The van der Waals surface area contributed by atoms with Crippen molar-refractivity contribution in [1.29, 1.82) is 0 Å².